The highest BCUT2D eigenvalue weighted by atomic mass is 32.2. The first kappa shape index (κ1) is 14.2. The van der Waals surface area contributed by atoms with E-state index in [-0.39, 0.29) is 11.7 Å². The number of carbonyl (C=O) groups is 1. The van der Waals surface area contributed by atoms with Crippen LogP contribution < -0.4 is 11.1 Å². The molecule has 0 bridgehead atoms. The van der Waals surface area contributed by atoms with Gasteiger partial charge < -0.3 is 11.1 Å². The average Bonchev–Trinajstić information content (AvgIpc) is 2.27. The summed E-state index contributed by atoms with van der Waals surface area (Å²) in [6, 6.07) is -0.557. The lowest BCUT2D eigenvalue weighted by Crippen LogP contribution is -2.45. The molecule has 17 heavy (non-hydrogen) atoms. The molecule has 0 spiro atoms. The molecule has 1 fully saturated rings. The van der Waals surface area contributed by atoms with E-state index in [0.29, 0.717) is 26.1 Å². The molecule has 1 heterocycles. The van der Waals surface area contributed by atoms with Gasteiger partial charge in [0, 0.05) is 19.6 Å². The van der Waals surface area contributed by atoms with Crippen LogP contribution in [0.5, 0.6) is 0 Å². The molecule has 0 aliphatic carbocycles. The Labute approximate surface area is 103 Å². The van der Waals surface area contributed by atoms with Crippen molar-refractivity contribution in [1.29, 1.82) is 0 Å². The highest BCUT2D eigenvalue weighted by Gasteiger charge is 2.28. The quantitative estimate of drug-likeness (QED) is 0.737. The molecule has 1 aliphatic heterocycles. The van der Waals surface area contributed by atoms with Gasteiger partial charge in [-0.3, -0.25) is 0 Å². The third kappa shape index (κ3) is 4.51. The van der Waals surface area contributed by atoms with E-state index in [4.69, 9.17) is 5.73 Å². The van der Waals surface area contributed by atoms with E-state index < -0.39 is 16.1 Å². The van der Waals surface area contributed by atoms with Gasteiger partial charge in [-0.15, -0.1) is 0 Å². The Balaban J connectivity index is 2.51. The van der Waals surface area contributed by atoms with E-state index in [1.165, 1.54) is 4.31 Å². The Morgan fingerprint density at radius 1 is 1.53 bits per heavy atom. The summed E-state index contributed by atoms with van der Waals surface area (Å²) in [5.74, 6) is 0.367. The first-order valence-electron chi connectivity index (χ1n) is 5.97. The smallest absolute Gasteiger partial charge is 0.312 e. The number of primary amides is 1. The van der Waals surface area contributed by atoms with Crippen LogP contribution in [-0.2, 0) is 10.0 Å². The number of nitrogens with two attached hydrogens (primary N) is 1. The molecule has 3 N–H and O–H groups in total. The molecule has 1 unspecified atom stereocenters. The van der Waals surface area contributed by atoms with Crippen molar-refractivity contribution >= 4 is 16.1 Å². The molecule has 2 amide bonds. The fourth-order valence-corrected chi connectivity index (χ4v) is 3.70. The number of rotatable bonds is 5. The number of piperidine rings is 1. The summed E-state index contributed by atoms with van der Waals surface area (Å²) < 4.78 is 25.3. The third-order valence-electron chi connectivity index (χ3n) is 2.90. The van der Waals surface area contributed by atoms with Crippen LogP contribution in [0.3, 0.4) is 0 Å². The van der Waals surface area contributed by atoms with Crippen LogP contribution in [0.25, 0.3) is 0 Å². The third-order valence-corrected chi connectivity index (χ3v) is 4.94. The van der Waals surface area contributed by atoms with Gasteiger partial charge in [-0.25, -0.2) is 17.5 Å². The number of urea groups is 1. The highest BCUT2D eigenvalue weighted by molar-refractivity contribution is 7.89. The number of nitrogens with zero attached hydrogens (tertiary/aromatic N) is 1. The number of nitrogens with one attached hydrogen (secondary N) is 1. The van der Waals surface area contributed by atoms with E-state index >= 15 is 0 Å². The molecule has 0 aromatic carbocycles. The van der Waals surface area contributed by atoms with Crippen molar-refractivity contribution in [2.45, 2.75) is 26.2 Å². The van der Waals surface area contributed by atoms with Crippen LogP contribution in [0.1, 0.15) is 26.2 Å². The van der Waals surface area contributed by atoms with Crippen molar-refractivity contribution < 1.29 is 13.2 Å². The molecule has 7 heteroatoms. The van der Waals surface area contributed by atoms with Crippen LogP contribution in [0.2, 0.25) is 0 Å². The van der Waals surface area contributed by atoms with Gasteiger partial charge in [-0.2, -0.15) is 0 Å². The van der Waals surface area contributed by atoms with Crippen molar-refractivity contribution in [1.82, 2.24) is 9.62 Å². The summed E-state index contributed by atoms with van der Waals surface area (Å²) >= 11 is 0. The SMILES string of the molecule is CCCS(=O)(=O)N1CCCC(CNC(N)=O)C1. The zero-order chi connectivity index (χ0) is 12.9. The van der Waals surface area contributed by atoms with E-state index in [1.807, 2.05) is 6.92 Å². The van der Waals surface area contributed by atoms with Crippen LogP contribution in [-0.4, -0.2) is 44.1 Å². The maximum absolute atomic E-state index is 11.9. The molecule has 0 aromatic rings. The largest absolute Gasteiger partial charge is 0.352 e. The van der Waals surface area contributed by atoms with Gasteiger partial charge in [0.1, 0.15) is 0 Å². The van der Waals surface area contributed by atoms with Gasteiger partial charge >= 0.3 is 6.03 Å². The number of carbonyl (C=O) groups excluding carboxylic acids is 1. The summed E-state index contributed by atoms with van der Waals surface area (Å²) in [6.45, 7) is 3.39. The normalized spacial score (nSPS) is 22.3. The molecule has 0 aromatic heterocycles. The minimum Gasteiger partial charge on any atom is -0.352 e. The lowest BCUT2D eigenvalue weighted by atomic mass is 10.00. The van der Waals surface area contributed by atoms with Gasteiger partial charge in [0.25, 0.3) is 0 Å². The topological polar surface area (TPSA) is 92.5 Å². The molecule has 100 valence electrons. The fourth-order valence-electron chi connectivity index (χ4n) is 2.08. The Hall–Kier alpha value is -0.820. The van der Waals surface area contributed by atoms with E-state index in [1.54, 1.807) is 0 Å². The van der Waals surface area contributed by atoms with Gasteiger partial charge in [-0.05, 0) is 25.2 Å². The van der Waals surface area contributed by atoms with Gasteiger partial charge in [-0.1, -0.05) is 6.92 Å². The number of amides is 2. The maximum Gasteiger partial charge on any atom is 0.312 e. The second kappa shape index (κ2) is 6.20. The van der Waals surface area contributed by atoms with Crippen molar-refractivity contribution in [3.63, 3.8) is 0 Å². The molecule has 0 saturated carbocycles. The van der Waals surface area contributed by atoms with Crippen molar-refractivity contribution in [2.75, 3.05) is 25.4 Å². The second-order valence-corrected chi connectivity index (χ2v) is 6.52. The summed E-state index contributed by atoms with van der Waals surface area (Å²) in [6.07, 6.45) is 2.40. The van der Waals surface area contributed by atoms with E-state index in [0.717, 1.165) is 12.8 Å². The number of hydrogen-bond acceptors (Lipinski definition) is 3. The lowest BCUT2D eigenvalue weighted by Gasteiger charge is -2.31. The highest BCUT2D eigenvalue weighted by Crippen LogP contribution is 2.19. The molecule has 0 radical (unpaired) electrons. The maximum atomic E-state index is 11.9. The van der Waals surface area contributed by atoms with Gasteiger partial charge in [0.15, 0.2) is 0 Å². The predicted molar refractivity (Wildman–Crippen MR) is 66.0 cm³/mol. The zero-order valence-electron chi connectivity index (χ0n) is 10.2. The standard InChI is InChI=1S/C10H21N3O3S/c1-2-6-17(15,16)13-5-3-4-9(8-13)7-12-10(11)14/h9H,2-8H2,1H3,(H3,11,12,14). The summed E-state index contributed by atoms with van der Waals surface area (Å²) in [5, 5.41) is 2.54. The molecule has 6 nitrogen and oxygen atoms in total. The first-order valence-corrected chi connectivity index (χ1v) is 7.57. The van der Waals surface area contributed by atoms with Crippen molar-refractivity contribution in [2.24, 2.45) is 11.7 Å². The summed E-state index contributed by atoms with van der Waals surface area (Å²) in [5.41, 5.74) is 5.00. The lowest BCUT2D eigenvalue weighted by molar-refractivity contribution is 0.236. The van der Waals surface area contributed by atoms with Crippen molar-refractivity contribution in [3.05, 3.63) is 0 Å². The Morgan fingerprint density at radius 2 is 2.24 bits per heavy atom. The second-order valence-electron chi connectivity index (χ2n) is 4.43. The number of sulfonamides is 1. The van der Waals surface area contributed by atoms with Crippen LogP contribution >= 0.6 is 0 Å². The zero-order valence-corrected chi connectivity index (χ0v) is 11.0. The first-order chi connectivity index (χ1) is 7.95. The van der Waals surface area contributed by atoms with Gasteiger partial charge in [0.2, 0.25) is 10.0 Å². The summed E-state index contributed by atoms with van der Waals surface area (Å²) in [4.78, 5) is 10.6. The van der Waals surface area contributed by atoms with Crippen molar-refractivity contribution in [3.8, 4) is 0 Å². The average molecular weight is 263 g/mol. The molecular weight excluding hydrogens is 242 g/mol. The molecule has 1 aliphatic rings. The molecule has 1 rings (SSSR count). The molecular formula is C10H21N3O3S. The monoisotopic (exact) mass is 263 g/mol. The van der Waals surface area contributed by atoms with Crippen LogP contribution in [0, 0.1) is 5.92 Å². The number of hydrogen-bond donors (Lipinski definition) is 2. The van der Waals surface area contributed by atoms with Crippen LogP contribution in [0.4, 0.5) is 4.79 Å². The van der Waals surface area contributed by atoms with Crippen LogP contribution in [0.15, 0.2) is 0 Å². The summed E-state index contributed by atoms with van der Waals surface area (Å²) in [7, 11) is -3.12. The molecule has 1 atom stereocenters. The van der Waals surface area contributed by atoms with Gasteiger partial charge in [0.05, 0.1) is 5.75 Å². The minimum absolute atomic E-state index is 0.169. The predicted octanol–water partition coefficient (Wildman–Crippen LogP) is 0.107. The van der Waals surface area contributed by atoms with E-state index in [9.17, 15) is 13.2 Å². The minimum atomic E-state index is -3.12. The molecule has 1 saturated heterocycles. The Bertz CT molecular complexity index is 356. The van der Waals surface area contributed by atoms with E-state index in [2.05, 4.69) is 5.32 Å². The Morgan fingerprint density at radius 3 is 2.82 bits per heavy atom. The Kier molecular flexibility index (Phi) is 5.20. The fraction of sp³-hybridized carbons (Fsp3) is 0.900.